The molecular formula is C21H44. The molecule has 1 unspecified atom stereocenters. The van der Waals surface area contributed by atoms with Gasteiger partial charge >= 0.3 is 0 Å². The van der Waals surface area contributed by atoms with Gasteiger partial charge < -0.3 is 0 Å². The maximum Gasteiger partial charge on any atom is -0.0443 e. The summed E-state index contributed by atoms with van der Waals surface area (Å²) >= 11 is 0. The molecule has 0 aromatic carbocycles. The standard InChI is InChI=1S/C21H44/c1-4-6-8-10-12-13-14-16-18-20-21(3)19-17-15-11-9-7-5-2/h21H,4-20H2,1-3H3. The zero-order valence-corrected chi connectivity index (χ0v) is 15.6. The molecule has 0 amide bonds. The highest BCUT2D eigenvalue weighted by Crippen LogP contribution is 2.18. The summed E-state index contributed by atoms with van der Waals surface area (Å²) in [7, 11) is 0. The molecule has 0 fully saturated rings. The summed E-state index contributed by atoms with van der Waals surface area (Å²) in [6.07, 6.45) is 24.8. The van der Waals surface area contributed by atoms with Crippen LogP contribution >= 0.6 is 0 Å². The fourth-order valence-electron chi connectivity index (χ4n) is 3.22. The predicted molar refractivity (Wildman–Crippen MR) is 99.0 cm³/mol. The van der Waals surface area contributed by atoms with Gasteiger partial charge in [-0.15, -0.1) is 0 Å². The van der Waals surface area contributed by atoms with Crippen LogP contribution in [-0.2, 0) is 0 Å². The second-order valence-corrected chi connectivity index (χ2v) is 7.28. The predicted octanol–water partition coefficient (Wildman–Crippen LogP) is 8.29. The summed E-state index contributed by atoms with van der Waals surface area (Å²) in [6.45, 7) is 7.07. The third kappa shape index (κ3) is 18.0. The van der Waals surface area contributed by atoms with E-state index in [0.29, 0.717) is 0 Å². The molecular weight excluding hydrogens is 252 g/mol. The van der Waals surface area contributed by atoms with Crippen molar-refractivity contribution in [1.82, 2.24) is 0 Å². The van der Waals surface area contributed by atoms with Crippen molar-refractivity contribution in [1.29, 1.82) is 0 Å². The van der Waals surface area contributed by atoms with Crippen LogP contribution in [0, 0.1) is 5.92 Å². The average molecular weight is 297 g/mol. The first kappa shape index (κ1) is 21.0. The van der Waals surface area contributed by atoms with Crippen molar-refractivity contribution >= 4 is 0 Å². The molecule has 0 aliphatic rings. The van der Waals surface area contributed by atoms with Gasteiger partial charge in [0.2, 0.25) is 0 Å². The molecule has 0 rings (SSSR count). The third-order valence-electron chi connectivity index (χ3n) is 4.85. The van der Waals surface area contributed by atoms with Crippen LogP contribution in [0.4, 0.5) is 0 Å². The van der Waals surface area contributed by atoms with E-state index in [2.05, 4.69) is 20.8 Å². The SMILES string of the molecule is CCCCCCCCCCCC(C)CCCCCCCC. The molecule has 0 bridgehead atoms. The van der Waals surface area contributed by atoms with Crippen LogP contribution in [0.1, 0.15) is 130 Å². The van der Waals surface area contributed by atoms with Crippen LogP contribution < -0.4 is 0 Å². The van der Waals surface area contributed by atoms with Crippen LogP contribution in [0.25, 0.3) is 0 Å². The fraction of sp³-hybridized carbons (Fsp3) is 1.00. The highest BCUT2D eigenvalue weighted by atomic mass is 14.1. The Kier molecular flexibility index (Phi) is 18.1. The van der Waals surface area contributed by atoms with Crippen molar-refractivity contribution in [2.45, 2.75) is 130 Å². The zero-order chi connectivity index (χ0) is 15.6. The molecule has 0 heterocycles. The van der Waals surface area contributed by atoms with Gasteiger partial charge in [-0.2, -0.15) is 0 Å². The summed E-state index contributed by atoms with van der Waals surface area (Å²) < 4.78 is 0. The Labute approximate surface area is 136 Å². The molecule has 0 spiro atoms. The summed E-state index contributed by atoms with van der Waals surface area (Å²) in [6, 6.07) is 0. The summed E-state index contributed by atoms with van der Waals surface area (Å²) in [4.78, 5) is 0. The molecule has 0 aromatic heterocycles. The molecule has 0 aliphatic carbocycles. The normalized spacial score (nSPS) is 12.7. The first-order valence-corrected chi connectivity index (χ1v) is 10.3. The zero-order valence-electron chi connectivity index (χ0n) is 15.6. The van der Waals surface area contributed by atoms with E-state index in [9.17, 15) is 0 Å². The minimum absolute atomic E-state index is 0.973. The Morgan fingerprint density at radius 2 is 0.714 bits per heavy atom. The van der Waals surface area contributed by atoms with Gasteiger partial charge in [-0.25, -0.2) is 0 Å². The first-order chi connectivity index (χ1) is 10.3. The lowest BCUT2D eigenvalue weighted by Gasteiger charge is -2.11. The van der Waals surface area contributed by atoms with Crippen molar-refractivity contribution in [2.24, 2.45) is 5.92 Å². The minimum Gasteiger partial charge on any atom is -0.0654 e. The van der Waals surface area contributed by atoms with Crippen LogP contribution in [0.2, 0.25) is 0 Å². The van der Waals surface area contributed by atoms with Crippen molar-refractivity contribution in [3.05, 3.63) is 0 Å². The van der Waals surface area contributed by atoms with Gasteiger partial charge in [-0.05, 0) is 5.92 Å². The molecule has 0 nitrogen and oxygen atoms in total. The van der Waals surface area contributed by atoms with Gasteiger partial charge in [0.1, 0.15) is 0 Å². The van der Waals surface area contributed by atoms with Gasteiger partial charge in [0.05, 0.1) is 0 Å². The maximum absolute atomic E-state index is 2.47. The van der Waals surface area contributed by atoms with E-state index in [1.54, 1.807) is 0 Å². The molecule has 21 heavy (non-hydrogen) atoms. The summed E-state index contributed by atoms with van der Waals surface area (Å²) in [5, 5.41) is 0. The van der Waals surface area contributed by atoms with Crippen molar-refractivity contribution in [3.63, 3.8) is 0 Å². The van der Waals surface area contributed by atoms with Crippen LogP contribution in [-0.4, -0.2) is 0 Å². The monoisotopic (exact) mass is 296 g/mol. The molecule has 1 atom stereocenters. The summed E-state index contributed by atoms with van der Waals surface area (Å²) in [5.41, 5.74) is 0. The topological polar surface area (TPSA) is 0 Å². The van der Waals surface area contributed by atoms with E-state index in [1.807, 2.05) is 0 Å². The molecule has 128 valence electrons. The first-order valence-electron chi connectivity index (χ1n) is 10.3. The van der Waals surface area contributed by atoms with E-state index in [-0.39, 0.29) is 0 Å². The number of rotatable bonds is 17. The van der Waals surface area contributed by atoms with Gasteiger partial charge in [0, 0.05) is 0 Å². The van der Waals surface area contributed by atoms with Gasteiger partial charge in [0.15, 0.2) is 0 Å². The van der Waals surface area contributed by atoms with Gasteiger partial charge in [-0.1, -0.05) is 130 Å². The molecule has 0 saturated heterocycles. The molecule has 0 aliphatic heterocycles. The Morgan fingerprint density at radius 1 is 0.429 bits per heavy atom. The van der Waals surface area contributed by atoms with Crippen LogP contribution in [0.3, 0.4) is 0 Å². The quantitative estimate of drug-likeness (QED) is 0.237. The average Bonchev–Trinajstić information content (AvgIpc) is 2.49. The largest absolute Gasteiger partial charge is 0.0654 e. The highest BCUT2D eigenvalue weighted by molar-refractivity contribution is 4.56. The highest BCUT2D eigenvalue weighted by Gasteiger charge is 2.02. The molecule has 0 radical (unpaired) electrons. The Morgan fingerprint density at radius 3 is 1.05 bits per heavy atom. The molecule has 0 heteroatoms. The number of hydrogen-bond donors (Lipinski definition) is 0. The number of hydrogen-bond acceptors (Lipinski definition) is 0. The molecule has 0 N–H and O–H groups in total. The maximum atomic E-state index is 2.47. The lowest BCUT2D eigenvalue weighted by Crippen LogP contribution is -1.95. The second kappa shape index (κ2) is 18.1. The van der Waals surface area contributed by atoms with E-state index >= 15 is 0 Å². The van der Waals surface area contributed by atoms with Crippen LogP contribution in [0.5, 0.6) is 0 Å². The van der Waals surface area contributed by atoms with E-state index in [4.69, 9.17) is 0 Å². The fourth-order valence-corrected chi connectivity index (χ4v) is 3.22. The van der Waals surface area contributed by atoms with Crippen molar-refractivity contribution in [3.8, 4) is 0 Å². The Balaban J connectivity index is 3.10. The molecule has 0 saturated carbocycles. The Hall–Kier alpha value is 0. The summed E-state index contributed by atoms with van der Waals surface area (Å²) in [5.74, 6) is 0.973. The van der Waals surface area contributed by atoms with E-state index in [1.165, 1.54) is 109 Å². The van der Waals surface area contributed by atoms with Crippen molar-refractivity contribution in [2.75, 3.05) is 0 Å². The van der Waals surface area contributed by atoms with Crippen molar-refractivity contribution < 1.29 is 0 Å². The van der Waals surface area contributed by atoms with E-state index in [0.717, 1.165) is 5.92 Å². The smallest absolute Gasteiger partial charge is 0.0443 e. The lowest BCUT2D eigenvalue weighted by molar-refractivity contribution is 0.431. The van der Waals surface area contributed by atoms with E-state index < -0.39 is 0 Å². The van der Waals surface area contributed by atoms with Crippen LogP contribution in [0.15, 0.2) is 0 Å². The number of unbranched alkanes of at least 4 members (excludes halogenated alkanes) is 13. The Bertz CT molecular complexity index is 173. The third-order valence-corrected chi connectivity index (χ3v) is 4.85. The minimum atomic E-state index is 0.973. The molecule has 0 aromatic rings. The van der Waals surface area contributed by atoms with Gasteiger partial charge in [-0.3, -0.25) is 0 Å². The lowest BCUT2D eigenvalue weighted by atomic mass is 9.96. The van der Waals surface area contributed by atoms with Gasteiger partial charge in [0.25, 0.3) is 0 Å². The second-order valence-electron chi connectivity index (χ2n) is 7.28.